The molecule has 1 N–H and O–H groups in total. The molecule has 0 unspecified atom stereocenters. The molecule has 0 aliphatic heterocycles. The van der Waals surface area contributed by atoms with E-state index >= 15 is 0 Å². The third-order valence-electron chi connectivity index (χ3n) is 4.01. The fourth-order valence-corrected chi connectivity index (χ4v) is 2.81. The maximum atomic E-state index is 12.6. The van der Waals surface area contributed by atoms with E-state index in [1.165, 1.54) is 7.11 Å². The van der Waals surface area contributed by atoms with E-state index in [0.717, 1.165) is 34.4 Å². The van der Waals surface area contributed by atoms with Crippen molar-refractivity contribution in [1.29, 1.82) is 0 Å². The second-order valence-electron chi connectivity index (χ2n) is 5.77. The summed E-state index contributed by atoms with van der Waals surface area (Å²) in [5.74, 6) is 1.32. The van der Waals surface area contributed by atoms with Crippen LogP contribution in [0.3, 0.4) is 0 Å². The molecule has 0 radical (unpaired) electrons. The first kappa shape index (κ1) is 16.1. The number of phenolic OH excluding ortho intramolecular Hbond substituents is 1. The molecule has 0 aromatic heterocycles. The minimum Gasteiger partial charge on any atom is -0.504 e. The average molecular weight is 324 g/mol. The number of hydrogen-bond acceptors (Lipinski definition) is 4. The Morgan fingerprint density at radius 2 is 2.04 bits per heavy atom. The molecule has 0 heterocycles. The van der Waals surface area contributed by atoms with Gasteiger partial charge in [-0.3, -0.25) is 4.79 Å². The number of allylic oxidation sites excluding steroid dienone is 1. The highest BCUT2D eigenvalue weighted by Gasteiger charge is 2.25. The molecule has 0 spiro atoms. The third-order valence-corrected chi connectivity index (χ3v) is 4.01. The van der Waals surface area contributed by atoms with Crippen molar-refractivity contribution in [2.45, 2.75) is 19.8 Å². The average Bonchev–Trinajstić information content (AvgIpc) is 2.90. The molecular formula is C20H20O4. The second-order valence-corrected chi connectivity index (χ2v) is 5.77. The van der Waals surface area contributed by atoms with E-state index in [9.17, 15) is 9.90 Å². The van der Waals surface area contributed by atoms with Gasteiger partial charge >= 0.3 is 0 Å². The van der Waals surface area contributed by atoms with Crippen LogP contribution in [0.25, 0.3) is 6.08 Å². The van der Waals surface area contributed by atoms with Crippen molar-refractivity contribution in [3.05, 3.63) is 58.7 Å². The lowest BCUT2D eigenvalue weighted by Gasteiger charge is -2.05. The molecule has 0 amide bonds. The fraction of sp³-hybridized carbons (Fsp3) is 0.250. The van der Waals surface area contributed by atoms with E-state index in [0.29, 0.717) is 18.8 Å². The van der Waals surface area contributed by atoms with Gasteiger partial charge in [-0.15, -0.1) is 0 Å². The zero-order valence-corrected chi connectivity index (χ0v) is 13.8. The Bertz CT molecular complexity index is 805. The summed E-state index contributed by atoms with van der Waals surface area (Å²) in [6, 6.07) is 10.7. The summed E-state index contributed by atoms with van der Waals surface area (Å²) in [6.07, 6.45) is 3.38. The van der Waals surface area contributed by atoms with Crippen LogP contribution in [0.4, 0.5) is 0 Å². The van der Waals surface area contributed by atoms with Crippen LogP contribution in [-0.2, 0) is 6.42 Å². The molecule has 124 valence electrons. The van der Waals surface area contributed by atoms with E-state index in [1.807, 2.05) is 24.3 Å². The minimum absolute atomic E-state index is 0.0408. The van der Waals surface area contributed by atoms with E-state index in [4.69, 9.17) is 9.47 Å². The van der Waals surface area contributed by atoms with Crippen LogP contribution in [0.5, 0.6) is 17.2 Å². The van der Waals surface area contributed by atoms with Gasteiger partial charge in [0, 0.05) is 17.6 Å². The zero-order chi connectivity index (χ0) is 17.1. The Kier molecular flexibility index (Phi) is 4.56. The standard InChI is InChI=1S/C20H20O4/c1-3-8-24-16-5-6-17-14(12-16)11-15(20(17)22)9-13-4-7-18(21)19(10-13)23-2/h4-7,9-10,12,21H,3,8,11H2,1-2H3/b15-9+. The zero-order valence-electron chi connectivity index (χ0n) is 13.8. The summed E-state index contributed by atoms with van der Waals surface area (Å²) in [5.41, 5.74) is 3.27. The molecule has 4 nitrogen and oxygen atoms in total. The second kappa shape index (κ2) is 6.79. The summed E-state index contributed by atoms with van der Waals surface area (Å²) >= 11 is 0. The van der Waals surface area contributed by atoms with Gasteiger partial charge < -0.3 is 14.6 Å². The van der Waals surface area contributed by atoms with Crippen LogP contribution in [0.15, 0.2) is 42.0 Å². The molecule has 2 aromatic carbocycles. The molecule has 24 heavy (non-hydrogen) atoms. The maximum Gasteiger partial charge on any atom is 0.189 e. The number of rotatable bonds is 5. The lowest BCUT2D eigenvalue weighted by molar-refractivity contribution is 0.104. The Morgan fingerprint density at radius 1 is 1.21 bits per heavy atom. The van der Waals surface area contributed by atoms with Crippen LogP contribution in [0.2, 0.25) is 0 Å². The summed E-state index contributed by atoms with van der Waals surface area (Å²) in [4.78, 5) is 12.6. The quantitative estimate of drug-likeness (QED) is 0.844. The van der Waals surface area contributed by atoms with Crippen molar-refractivity contribution in [3.8, 4) is 17.2 Å². The Morgan fingerprint density at radius 3 is 2.79 bits per heavy atom. The molecule has 0 fully saturated rings. The molecule has 0 atom stereocenters. The predicted octanol–water partition coefficient (Wildman–Crippen LogP) is 4.01. The highest BCUT2D eigenvalue weighted by Crippen LogP contribution is 2.32. The molecule has 0 saturated carbocycles. The Balaban J connectivity index is 1.87. The van der Waals surface area contributed by atoms with Crippen LogP contribution in [-0.4, -0.2) is 24.6 Å². The Hall–Kier alpha value is -2.75. The van der Waals surface area contributed by atoms with Crippen molar-refractivity contribution in [2.24, 2.45) is 0 Å². The van der Waals surface area contributed by atoms with E-state index in [-0.39, 0.29) is 11.5 Å². The van der Waals surface area contributed by atoms with Crippen molar-refractivity contribution in [1.82, 2.24) is 0 Å². The van der Waals surface area contributed by atoms with Crippen LogP contribution in [0, 0.1) is 0 Å². The SMILES string of the molecule is CCCOc1ccc2c(c1)C/C(=C\c1ccc(O)c(OC)c1)C2=O. The topological polar surface area (TPSA) is 55.8 Å². The first-order valence-electron chi connectivity index (χ1n) is 8.00. The molecule has 0 bridgehead atoms. The minimum atomic E-state index is 0.0408. The first-order valence-corrected chi connectivity index (χ1v) is 8.00. The number of benzene rings is 2. The molecule has 3 rings (SSSR count). The van der Waals surface area contributed by atoms with Crippen molar-refractivity contribution < 1.29 is 19.4 Å². The number of methoxy groups -OCH3 is 1. The van der Waals surface area contributed by atoms with Gasteiger partial charge in [-0.25, -0.2) is 0 Å². The molecule has 4 heteroatoms. The summed E-state index contributed by atoms with van der Waals surface area (Å²) in [6.45, 7) is 2.73. The number of phenols is 1. The van der Waals surface area contributed by atoms with Gasteiger partial charge in [-0.1, -0.05) is 13.0 Å². The third kappa shape index (κ3) is 3.13. The van der Waals surface area contributed by atoms with Gasteiger partial charge in [0.2, 0.25) is 0 Å². The smallest absolute Gasteiger partial charge is 0.189 e. The molecular weight excluding hydrogens is 304 g/mol. The number of Topliss-reactive ketones (excluding diaryl/α,β-unsaturated/α-hetero) is 1. The van der Waals surface area contributed by atoms with Gasteiger partial charge in [-0.05, 0) is 54.0 Å². The summed E-state index contributed by atoms with van der Waals surface area (Å²) < 4.78 is 10.7. The number of carbonyl (C=O) groups excluding carboxylic acids is 1. The van der Waals surface area contributed by atoms with E-state index in [2.05, 4.69) is 6.92 Å². The largest absolute Gasteiger partial charge is 0.504 e. The highest BCUT2D eigenvalue weighted by molar-refractivity contribution is 6.15. The molecule has 0 saturated heterocycles. The van der Waals surface area contributed by atoms with Crippen LogP contribution >= 0.6 is 0 Å². The van der Waals surface area contributed by atoms with Gasteiger partial charge in [-0.2, -0.15) is 0 Å². The number of carbonyl (C=O) groups is 1. The maximum absolute atomic E-state index is 12.6. The fourth-order valence-electron chi connectivity index (χ4n) is 2.81. The summed E-state index contributed by atoms with van der Waals surface area (Å²) in [5, 5.41) is 9.66. The molecule has 1 aliphatic rings. The van der Waals surface area contributed by atoms with Crippen molar-refractivity contribution in [3.63, 3.8) is 0 Å². The van der Waals surface area contributed by atoms with Gasteiger partial charge in [0.15, 0.2) is 17.3 Å². The number of aromatic hydroxyl groups is 1. The van der Waals surface area contributed by atoms with Gasteiger partial charge in [0.25, 0.3) is 0 Å². The van der Waals surface area contributed by atoms with Crippen LogP contribution < -0.4 is 9.47 Å². The van der Waals surface area contributed by atoms with Crippen molar-refractivity contribution in [2.75, 3.05) is 13.7 Å². The number of ether oxygens (including phenoxy) is 2. The predicted molar refractivity (Wildman–Crippen MR) is 92.9 cm³/mol. The normalized spacial score (nSPS) is 14.8. The van der Waals surface area contributed by atoms with Crippen molar-refractivity contribution >= 4 is 11.9 Å². The lowest BCUT2D eigenvalue weighted by Crippen LogP contribution is -1.97. The lowest BCUT2D eigenvalue weighted by atomic mass is 10.1. The van der Waals surface area contributed by atoms with E-state index in [1.54, 1.807) is 18.2 Å². The summed E-state index contributed by atoms with van der Waals surface area (Å²) in [7, 11) is 1.50. The van der Waals surface area contributed by atoms with E-state index < -0.39 is 0 Å². The van der Waals surface area contributed by atoms with Gasteiger partial charge in [0.05, 0.1) is 13.7 Å². The number of hydrogen-bond donors (Lipinski definition) is 1. The van der Waals surface area contributed by atoms with Crippen LogP contribution in [0.1, 0.15) is 34.8 Å². The number of ketones is 1. The Labute approximate surface area is 141 Å². The van der Waals surface area contributed by atoms with Gasteiger partial charge in [0.1, 0.15) is 5.75 Å². The monoisotopic (exact) mass is 324 g/mol. The molecule has 1 aliphatic carbocycles. The molecule has 2 aromatic rings. The number of fused-ring (bicyclic) bond motifs is 1. The highest BCUT2D eigenvalue weighted by atomic mass is 16.5. The first-order chi connectivity index (χ1) is 11.6.